The zero-order chi connectivity index (χ0) is 22.7. The molecule has 0 aliphatic carbocycles. The molecule has 1 amide bonds. The lowest BCUT2D eigenvalue weighted by molar-refractivity contribution is 0.0974. The van der Waals surface area contributed by atoms with Crippen molar-refractivity contribution in [3.05, 3.63) is 83.9 Å². The first-order valence-corrected chi connectivity index (χ1v) is 11.7. The van der Waals surface area contributed by atoms with E-state index in [9.17, 15) is 13.2 Å². The van der Waals surface area contributed by atoms with Crippen molar-refractivity contribution in [1.82, 2.24) is 5.32 Å². The molecule has 3 aromatic carbocycles. The Bertz CT molecular complexity index is 1270. The minimum atomic E-state index is -3.67. The van der Waals surface area contributed by atoms with E-state index in [0.717, 1.165) is 11.3 Å². The van der Waals surface area contributed by atoms with E-state index in [4.69, 9.17) is 17.0 Å². The Morgan fingerprint density at radius 3 is 2.44 bits per heavy atom. The number of benzene rings is 3. The van der Waals surface area contributed by atoms with Gasteiger partial charge in [-0.3, -0.25) is 14.4 Å². The number of ether oxygens (including phenoxy) is 1. The molecule has 1 heterocycles. The van der Waals surface area contributed by atoms with Crippen LogP contribution in [-0.2, 0) is 16.4 Å². The van der Waals surface area contributed by atoms with E-state index < -0.39 is 15.9 Å². The minimum Gasteiger partial charge on any atom is -0.496 e. The number of fused-ring (bicyclic) bond motifs is 1. The first kappa shape index (κ1) is 21.8. The van der Waals surface area contributed by atoms with Crippen LogP contribution in [0.3, 0.4) is 0 Å². The summed E-state index contributed by atoms with van der Waals surface area (Å²) >= 11 is 5.22. The molecule has 0 saturated carbocycles. The molecule has 1 aliphatic rings. The van der Waals surface area contributed by atoms with Crippen LogP contribution < -0.4 is 19.7 Å². The Morgan fingerprint density at radius 2 is 1.69 bits per heavy atom. The number of amides is 1. The molecule has 32 heavy (non-hydrogen) atoms. The minimum absolute atomic E-state index is 0.0879. The van der Waals surface area contributed by atoms with Crippen LogP contribution in [-0.4, -0.2) is 33.1 Å². The van der Waals surface area contributed by atoms with Crippen LogP contribution in [0.1, 0.15) is 15.9 Å². The molecule has 0 spiro atoms. The van der Waals surface area contributed by atoms with Gasteiger partial charge in [0, 0.05) is 12.2 Å². The van der Waals surface area contributed by atoms with Gasteiger partial charge in [0.05, 0.1) is 23.3 Å². The number of rotatable bonds is 5. The van der Waals surface area contributed by atoms with E-state index in [0.29, 0.717) is 30.0 Å². The summed E-state index contributed by atoms with van der Waals surface area (Å²) < 4.78 is 32.8. The summed E-state index contributed by atoms with van der Waals surface area (Å²) in [5, 5.41) is 5.58. The lowest BCUT2D eigenvalue weighted by atomic mass is 10.2. The predicted octanol–water partition coefficient (Wildman–Crippen LogP) is 3.57. The molecule has 0 bridgehead atoms. The maximum absolute atomic E-state index is 13.1. The Kier molecular flexibility index (Phi) is 6.11. The monoisotopic (exact) mass is 467 g/mol. The smallest absolute Gasteiger partial charge is 0.264 e. The number of carbonyl (C=O) groups is 1. The van der Waals surface area contributed by atoms with Gasteiger partial charge in [0.2, 0.25) is 0 Å². The summed E-state index contributed by atoms with van der Waals surface area (Å²) in [6.07, 6.45) is 0.690. The van der Waals surface area contributed by atoms with Crippen LogP contribution in [0, 0.1) is 0 Å². The molecular formula is C23H21N3O4S2. The number of nitrogens with zero attached hydrogens (tertiary/aromatic N) is 1. The summed E-state index contributed by atoms with van der Waals surface area (Å²) in [7, 11) is -2.19. The molecule has 9 heteroatoms. The molecule has 3 aromatic rings. The first-order valence-electron chi connectivity index (χ1n) is 9.86. The highest BCUT2D eigenvalue weighted by Gasteiger charge is 2.30. The van der Waals surface area contributed by atoms with Gasteiger partial charge in [-0.1, -0.05) is 30.3 Å². The highest BCUT2D eigenvalue weighted by molar-refractivity contribution is 7.92. The van der Waals surface area contributed by atoms with Gasteiger partial charge in [-0.25, -0.2) is 8.42 Å². The highest BCUT2D eigenvalue weighted by atomic mass is 32.2. The molecule has 0 aromatic heterocycles. The highest BCUT2D eigenvalue weighted by Crippen LogP contribution is 2.32. The fourth-order valence-corrected chi connectivity index (χ4v) is 5.27. The van der Waals surface area contributed by atoms with Crippen LogP contribution in [0.2, 0.25) is 0 Å². The number of thiocarbonyl (C=S) groups is 1. The van der Waals surface area contributed by atoms with Crippen LogP contribution in [0.5, 0.6) is 5.75 Å². The van der Waals surface area contributed by atoms with Gasteiger partial charge in [0.15, 0.2) is 5.11 Å². The van der Waals surface area contributed by atoms with Crippen LogP contribution in [0.25, 0.3) is 0 Å². The second-order valence-corrected chi connectivity index (χ2v) is 9.36. The van der Waals surface area contributed by atoms with E-state index in [1.807, 2.05) is 24.3 Å². The largest absolute Gasteiger partial charge is 0.496 e. The van der Waals surface area contributed by atoms with Gasteiger partial charge in [0.25, 0.3) is 15.9 Å². The van der Waals surface area contributed by atoms with E-state index in [1.54, 1.807) is 36.4 Å². The fraction of sp³-hybridized carbons (Fsp3) is 0.130. The van der Waals surface area contributed by atoms with Crippen LogP contribution in [0.4, 0.5) is 11.4 Å². The Hall–Kier alpha value is -3.43. The number of anilines is 2. The molecule has 7 nitrogen and oxygen atoms in total. The van der Waals surface area contributed by atoms with E-state index in [1.165, 1.54) is 23.5 Å². The predicted molar refractivity (Wildman–Crippen MR) is 128 cm³/mol. The quantitative estimate of drug-likeness (QED) is 0.558. The van der Waals surface area contributed by atoms with Gasteiger partial charge in [-0.2, -0.15) is 0 Å². The van der Waals surface area contributed by atoms with E-state index >= 15 is 0 Å². The van der Waals surface area contributed by atoms with Crippen molar-refractivity contribution >= 4 is 44.6 Å². The molecule has 0 atom stereocenters. The zero-order valence-corrected chi connectivity index (χ0v) is 18.9. The third kappa shape index (κ3) is 4.30. The lowest BCUT2D eigenvalue weighted by Gasteiger charge is -2.19. The van der Waals surface area contributed by atoms with Gasteiger partial charge < -0.3 is 10.1 Å². The van der Waals surface area contributed by atoms with Gasteiger partial charge in [-0.05, 0) is 66.7 Å². The van der Waals surface area contributed by atoms with Crippen molar-refractivity contribution in [1.29, 1.82) is 0 Å². The van der Waals surface area contributed by atoms with Gasteiger partial charge in [-0.15, -0.1) is 0 Å². The van der Waals surface area contributed by atoms with Crippen LogP contribution >= 0.6 is 12.2 Å². The number of nitrogens with one attached hydrogen (secondary N) is 2. The molecule has 0 saturated heterocycles. The molecule has 164 valence electrons. The zero-order valence-electron chi connectivity index (χ0n) is 17.2. The molecule has 4 rings (SSSR count). The number of sulfonamides is 1. The summed E-state index contributed by atoms with van der Waals surface area (Å²) in [5.41, 5.74) is 2.64. The van der Waals surface area contributed by atoms with Crippen molar-refractivity contribution in [2.75, 3.05) is 23.3 Å². The van der Waals surface area contributed by atoms with E-state index in [-0.39, 0.29) is 10.0 Å². The summed E-state index contributed by atoms with van der Waals surface area (Å²) in [5.74, 6) is 0.0256. The Morgan fingerprint density at radius 1 is 1.00 bits per heavy atom. The van der Waals surface area contributed by atoms with E-state index in [2.05, 4.69) is 10.6 Å². The number of carbonyl (C=O) groups excluding carboxylic acids is 1. The number of methoxy groups -OCH3 is 1. The molecular weight excluding hydrogens is 446 g/mol. The van der Waals surface area contributed by atoms with Crippen molar-refractivity contribution in [2.24, 2.45) is 0 Å². The maximum Gasteiger partial charge on any atom is 0.264 e. The number of hydrogen-bond donors (Lipinski definition) is 2. The fourth-order valence-electron chi connectivity index (χ4n) is 3.56. The van der Waals surface area contributed by atoms with Gasteiger partial charge >= 0.3 is 0 Å². The number of para-hydroxylation sites is 2. The summed E-state index contributed by atoms with van der Waals surface area (Å²) in [4.78, 5) is 12.6. The van der Waals surface area contributed by atoms with Gasteiger partial charge in [0.1, 0.15) is 5.75 Å². The lowest BCUT2D eigenvalue weighted by Crippen LogP contribution is -2.34. The molecule has 2 N–H and O–H groups in total. The van der Waals surface area contributed by atoms with Crippen molar-refractivity contribution < 1.29 is 17.9 Å². The van der Waals surface area contributed by atoms with Crippen LogP contribution in [0.15, 0.2) is 77.7 Å². The Balaban J connectivity index is 1.44. The number of hydrogen-bond acceptors (Lipinski definition) is 5. The Labute approximate surface area is 192 Å². The summed E-state index contributed by atoms with van der Waals surface area (Å²) in [6.45, 7) is 0.417. The molecule has 0 unspecified atom stereocenters. The van der Waals surface area contributed by atoms with Crippen molar-refractivity contribution in [3.63, 3.8) is 0 Å². The first-order chi connectivity index (χ1) is 15.4. The second kappa shape index (κ2) is 8.97. The average Bonchev–Trinajstić information content (AvgIpc) is 3.24. The third-order valence-electron chi connectivity index (χ3n) is 5.12. The summed E-state index contributed by atoms with van der Waals surface area (Å²) in [6, 6.07) is 20.6. The second-order valence-electron chi connectivity index (χ2n) is 7.09. The topological polar surface area (TPSA) is 87.7 Å². The third-order valence-corrected chi connectivity index (χ3v) is 7.15. The van der Waals surface area contributed by atoms with Crippen molar-refractivity contribution in [2.45, 2.75) is 11.3 Å². The van der Waals surface area contributed by atoms with Crippen molar-refractivity contribution in [3.8, 4) is 5.75 Å². The standard InChI is InChI=1S/C23H21N3O4S2/c1-30-21-9-5-3-7-19(21)22(27)25-23(31)24-17-10-12-18(13-11-17)32(28,29)26-15-14-16-6-2-4-8-20(16)26/h2-13H,14-15H2,1H3,(H2,24,25,27,31). The average molecular weight is 468 g/mol. The SMILES string of the molecule is COc1ccccc1C(=O)NC(=S)Nc1ccc(S(=O)(=O)N2CCc3ccccc32)cc1. The molecule has 1 aliphatic heterocycles. The molecule has 0 fully saturated rings. The molecule has 0 radical (unpaired) electrons. The maximum atomic E-state index is 13.1. The normalized spacial score (nSPS) is 12.7.